The molecule has 0 saturated heterocycles. The van der Waals surface area contributed by atoms with E-state index < -0.39 is 5.82 Å². The largest absolute Gasteiger partial charge is 0.354 e. The van der Waals surface area contributed by atoms with Gasteiger partial charge in [0.1, 0.15) is 5.03 Å². The van der Waals surface area contributed by atoms with Gasteiger partial charge in [-0.05, 0) is 38.0 Å². The van der Waals surface area contributed by atoms with Crippen molar-refractivity contribution in [3.05, 3.63) is 41.3 Å². The van der Waals surface area contributed by atoms with Gasteiger partial charge in [-0.2, -0.15) is 0 Å². The van der Waals surface area contributed by atoms with Gasteiger partial charge in [0.15, 0.2) is 5.82 Å². The molecule has 0 bridgehead atoms. The van der Waals surface area contributed by atoms with Gasteiger partial charge in [-0.1, -0.05) is 23.9 Å². The first-order chi connectivity index (χ1) is 9.10. The normalized spacial score (nSPS) is 10.5. The number of aromatic nitrogens is 2. The topological polar surface area (TPSA) is 37.8 Å². The van der Waals surface area contributed by atoms with Gasteiger partial charge in [0.25, 0.3) is 0 Å². The molecule has 0 unspecified atom stereocenters. The second-order valence-corrected chi connectivity index (χ2v) is 5.28. The maximum atomic E-state index is 13.8. The monoisotopic (exact) mass is 277 g/mol. The number of hydrogen-bond donors (Lipinski definition) is 1. The second-order valence-electron chi connectivity index (χ2n) is 4.25. The molecule has 3 nitrogen and oxygen atoms in total. The first-order valence-electron chi connectivity index (χ1n) is 6.11. The van der Waals surface area contributed by atoms with Gasteiger partial charge in [0, 0.05) is 11.4 Å². The predicted molar refractivity (Wildman–Crippen MR) is 76.2 cm³/mol. The quantitative estimate of drug-likeness (QED) is 0.862. The van der Waals surface area contributed by atoms with Gasteiger partial charge in [0.05, 0.1) is 6.20 Å². The van der Waals surface area contributed by atoms with Crippen molar-refractivity contribution in [2.75, 3.05) is 11.9 Å². The van der Waals surface area contributed by atoms with E-state index in [1.54, 1.807) is 0 Å². The van der Waals surface area contributed by atoms with Crippen molar-refractivity contribution in [2.24, 2.45) is 0 Å². The fraction of sp³-hybridized carbons (Fsp3) is 0.286. The average Bonchev–Trinajstić information content (AvgIpc) is 2.38. The number of aryl methyl sites for hydroxylation is 2. The summed E-state index contributed by atoms with van der Waals surface area (Å²) in [6, 6.07) is 6.11. The molecule has 0 aliphatic carbocycles. The third kappa shape index (κ3) is 3.44. The van der Waals surface area contributed by atoms with Crippen molar-refractivity contribution >= 4 is 17.7 Å². The highest BCUT2D eigenvalue weighted by molar-refractivity contribution is 7.99. The number of anilines is 1. The Labute approximate surface area is 116 Å². The standard InChI is InChI=1S/C14H16FN3S/c1-4-16-14-17-8-11(15)13(18-14)19-12-7-9(2)5-6-10(12)3/h5-8H,4H2,1-3H3,(H,16,17,18). The van der Waals surface area contributed by atoms with Crippen LogP contribution in [0.2, 0.25) is 0 Å². The van der Waals surface area contributed by atoms with E-state index in [2.05, 4.69) is 15.3 Å². The molecule has 1 N–H and O–H groups in total. The van der Waals surface area contributed by atoms with Crippen molar-refractivity contribution in [3.8, 4) is 0 Å². The van der Waals surface area contributed by atoms with E-state index in [1.165, 1.54) is 18.0 Å². The molecule has 5 heteroatoms. The van der Waals surface area contributed by atoms with Crippen LogP contribution in [-0.2, 0) is 0 Å². The van der Waals surface area contributed by atoms with Gasteiger partial charge < -0.3 is 5.32 Å². The van der Waals surface area contributed by atoms with Crippen molar-refractivity contribution in [1.29, 1.82) is 0 Å². The van der Waals surface area contributed by atoms with E-state index in [1.807, 2.05) is 39.0 Å². The van der Waals surface area contributed by atoms with Crippen molar-refractivity contribution in [2.45, 2.75) is 30.7 Å². The number of nitrogens with one attached hydrogen (secondary N) is 1. The molecule has 0 saturated carbocycles. The lowest BCUT2D eigenvalue weighted by Gasteiger charge is -2.08. The van der Waals surface area contributed by atoms with Crippen LogP contribution in [0.3, 0.4) is 0 Å². The first-order valence-corrected chi connectivity index (χ1v) is 6.93. The molecule has 100 valence electrons. The predicted octanol–water partition coefficient (Wildman–Crippen LogP) is 3.82. The Hall–Kier alpha value is -1.62. The summed E-state index contributed by atoms with van der Waals surface area (Å²) in [6.45, 7) is 6.68. The van der Waals surface area contributed by atoms with E-state index >= 15 is 0 Å². The Balaban J connectivity index is 2.31. The zero-order valence-electron chi connectivity index (χ0n) is 11.2. The Bertz CT molecular complexity index is 587. The molecule has 0 amide bonds. The SMILES string of the molecule is CCNc1ncc(F)c(Sc2cc(C)ccc2C)n1. The smallest absolute Gasteiger partial charge is 0.223 e. The molecule has 0 aliphatic rings. The maximum absolute atomic E-state index is 13.8. The van der Waals surface area contributed by atoms with Crippen LogP contribution in [0, 0.1) is 19.7 Å². The fourth-order valence-corrected chi connectivity index (χ4v) is 2.55. The van der Waals surface area contributed by atoms with E-state index in [0.717, 1.165) is 16.0 Å². The molecule has 19 heavy (non-hydrogen) atoms. The first kappa shape index (κ1) is 13.8. The van der Waals surface area contributed by atoms with E-state index in [-0.39, 0.29) is 0 Å². The molecular formula is C14H16FN3S. The molecule has 2 aromatic rings. The van der Waals surface area contributed by atoms with Crippen LogP contribution in [0.4, 0.5) is 10.3 Å². The number of rotatable bonds is 4. The highest BCUT2D eigenvalue weighted by atomic mass is 32.2. The minimum Gasteiger partial charge on any atom is -0.354 e. The summed E-state index contributed by atoms with van der Waals surface area (Å²) >= 11 is 1.33. The highest BCUT2D eigenvalue weighted by Gasteiger charge is 2.10. The molecule has 0 spiro atoms. The van der Waals surface area contributed by atoms with Crippen molar-refractivity contribution in [3.63, 3.8) is 0 Å². The van der Waals surface area contributed by atoms with Crippen LogP contribution in [0.15, 0.2) is 34.3 Å². The summed E-state index contributed by atoms with van der Waals surface area (Å²) in [6.07, 6.45) is 1.21. The van der Waals surface area contributed by atoms with Crippen LogP contribution < -0.4 is 5.32 Å². The molecule has 0 radical (unpaired) electrons. The molecule has 2 rings (SSSR count). The van der Waals surface area contributed by atoms with Gasteiger partial charge in [-0.25, -0.2) is 14.4 Å². The van der Waals surface area contributed by atoms with Crippen LogP contribution in [0.1, 0.15) is 18.1 Å². The number of halogens is 1. The molecule has 0 fully saturated rings. The number of hydrogen-bond acceptors (Lipinski definition) is 4. The molecule has 0 atom stereocenters. The lowest BCUT2D eigenvalue weighted by Crippen LogP contribution is -2.03. The zero-order chi connectivity index (χ0) is 13.8. The van der Waals surface area contributed by atoms with E-state index in [0.29, 0.717) is 17.5 Å². The Morgan fingerprint density at radius 1 is 1.32 bits per heavy atom. The minimum atomic E-state index is -0.396. The van der Waals surface area contributed by atoms with Crippen LogP contribution in [0.25, 0.3) is 0 Å². The van der Waals surface area contributed by atoms with Crippen LogP contribution in [0.5, 0.6) is 0 Å². The maximum Gasteiger partial charge on any atom is 0.223 e. The van der Waals surface area contributed by atoms with Gasteiger partial charge in [-0.3, -0.25) is 0 Å². The number of nitrogens with zero attached hydrogens (tertiary/aromatic N) is 2. The van der Waals surface area contributed by atoms with Crippen molar-refractivity contribution in [1.82, 2.24) is 9.97 Å². The lowest BCUT2D eigenvalue weighted by molar-refractivity contribution is 0.580. The second kappa shape index (κ2) is 6.02. The summed E-state index contributed by atoms with van der Waals surface area (Å²) in [5, 5.41) is 3.33. The third-order valence-corrected chi connectivity index (χ3v) is 3.74. The minimum absolute atomic E-state index is 0.347. The lowest BCUT2D eigenvalue weighted by atomic mass is 10.2. The summed E-state index contributed by atoms with van der Waals surface area (Å²) < 4.78 is 13.8. The van der Waals surface area contributed by atoms with Gasteiger partial charge >= 0.3 is 0 Å². The molecule has 1 aromatic carbocycles. The summed E-state index contributed by atoms with van der Waals surface area (Å²) in [4.78, 5) is 9.11. The Morgan fingerprint density at radius 3 is 2.84 bits per heavy atom. The molecule has 0 aliphatic heterocycles. The highest BCUT2D eigenvalue weighted by Crippen LogP contribution is 2.31. The van der Waals surface area contributed by atoms with Crippen LogP contribution >= 0.6 is 11.8 Å². The summed E-state index contributed by atoms with van der Waals surface area (Å²) in [5.74, 6) is 0.0595. The van der Waals surface area contributed by atoms with E-state index in [9.17, 15) is 4.39 Å². The Kier molecular flexibility index (Phi) is 4.37. The Morgan fingerprint density at radius 2 is 2.11 bits per heavy atom. The van der Waals surface area contributed by atoms with Gasteiger partial charge in [-0.15, -0.1) is 0 Å². The van der Waals surface area contributed by atoms with Gasteiger partial charge in [0.2, 0.25) is 5.95 Å². The zero-order valence-corrected chi connectivity index (χ0v) is 12.0. The fourth-order valence-electron chi connectivity index (χ4n) is 1.59. The summed E-state index contributed by atoms with van der Waals surface area (Å²) in [5.41, 5.74) is 2.26. The molecular weight excluding hydrogens is 261 g/mol. The van der Waals surface area contributed by atoms with Crippen LogP contribution in [-0.4, -0.2) is 16.5 Å². The third-order valence-electron chi connectivity index (χ3n) is 2.60. The van der Waals surface area contributed by atoms with Crippen molar-refractivity contribution < 1.29 is 4.39 Å². The molecule has 1 heterocycles. The summed E-state index contributed by atoms with van der Waals surface area (Å²) in [7, 11) is 0. The number of benzene rings is 1. The van der Waals surface area contributed by atoms with E-state index in [4.69, 9.17) is 0 Å². The average molecular weight is 277 g/mol. The molecule has 1 aromatic heterocycles.